The fourth-order valence-corrected chi connectivity index (χ4v) is 6.16. The molecule has 2 aromatic carbocycles. The average Bonchev–Trinajstić information content (AvgIpc) is 3.56. The molecule has 0 aliphatic carbocycles. The molecule has 4 saturated heterocycles. The number of rotatable bonds is 14. The number of fused-ring (bicyclic) bond motifs is 4. The van der Waals surface area contributed by atoms with Crippen molar-refractivity contribution in [1.29, 1.82) is 5.26 Å². The van der Waals surface area contributed by atoms with Gasteiger partial charge in [-0.05, 0) is 49.7 Å². The van der Waals surface area contributed by atoms with Crippen LogP contribution in [0.4, 0.5) is 9.59 Å². The van der Waals surface area contributed by atoms with Crippen LogP contribution in [0.3, 0.4) is 0 Å². The molecule has 0 radical (unpaired) electrons. The molecule has 52 heavy (non-hydrogen) atoms. The van der Waals surface area contributed by atoms with Crippen molar-refractivity contribution in [3.05, 3.63) is 71.8 Å². The molecule has 4 fully saturated rings. The van der Waals surface area contributed by atoms with Crippen LogP contribution in [0, 0.1) is 11.3 Å². The van der Waals surface area contributed by atoms with Crippen molar-refractivity contribution in [2.24, 2.45) is 5.90 Å². The second kappa shape index (κ2) is 20.9. The summed E-state index contributed by atoms with van der Waals surface area (Å²) >= 11 is 0. The highest BCUT2D eigenvalue weighted by Crippen LogP contribution is 2.32. The van der Waals surface area contributed by atoms with Crippen molar-refractivity contribution in [1.82, 2.24) is 25.4 Å². The number of carbonyl (C=O) groups is 4. The van der Waals surface area contributed by atoms with E-state index in [1.165, 1.54) is 15.0 Å². The Morgan fingerprint density at radius 3 is 1.75 bits per heavy atom. The molecule has 16 heteroatoms. The van der Waals surface area contributed by atoms with E-state index in [0.717, 1.165) is 30.4 Å². The number of carbonyl (C=O) groups excluding carboxylic acids is 4. The number of amides is 5. The maximum atomic E-state index is 12.6. The summed E-state index contributed by atoms with van der Waals surface area (Å²) in [6.45, 7) is 6.40. The lowest BCUT2D eigenvalue weighted by molar-refractivity contribution is -0.148. The van der Waals surface area contributed by atoms with Gasteiger partial charge < -0.3 is 19.4 Å². The molecule has 2 aromatic rings. The molecule has 0 unspecified atom stereocenters. The first kappa shape index (κ1) is 40.0. The van der Waals surface area contributed by atoms with Crippen LogP contribution in [-0.2, 0) is 46.9 Å². The van der Waals surface area contributed by atoms with Crippen LogP contribution in [0.15, 0.2) is 60.7 Å². The van der Waals surface area contributed by atoms with E-state index in [-0.39, 0.29) is 36.7 Å². The first-order valence-electron chi connectivity index (χ1n) is 17.6. The predicted molar refractivity (Wildman–Crippen MR) is 185 cm³/mol. The molecule has 16 nitrogen and oxygen atoms in total. The molecule has 0 saturated carbocycles. The summed E-state index contributed by atoms with van der Waals surface area (Å²) < 4.78 is 4.84. The summed E-state index contributed by atoms with van der Waals surface area (Å²) in [6, 6.07) is 19.3. The van der Waals surface area contributed by atoms with Crippen molar-refractivity contribution in [3.8, 4) is 6.07 Å². The number of hydroxylamine groups is 5. The second-order valence-electron chi connectivity index (χ2n) is 12.5. The van der Waals surface area contributed by atoms with Gasteiger partial charge in [-0.3, -0.25) is 19.3 Å². The van der Waals surface area contributed by atoms with Crippen molar-refractivity contribution in [3.63, 3.8) is 0 Å². The number of nitrogens with two attached hydrogens (primary N) is 1. The number of ether oxygens (including phenoxy) is 1. The summed E-state index contributed by atoms with van der Waals surface area (Å²) in [4.78, 5) is 72.9. The number of hydrogen-bond donors (Lipinski definition) is 2. The molecule has 6 rings (SSSR count). The Labute approximate surface area is 304 Å². The molecule has 3 N–H and O–H groups in total. The Morgan fingerprint density at radius 1 is 0.788 bits per heavy atom. The SMILES string of the molecule is CCCON.CCCONC(=O)[C@@H]1CC[C@@H]2CN1C(=O)N2OCc1ccccc1.N#CCOC(=O)[C@@H]1CC[C@@H]2CN1C(=O)N2OCc1ccccc1. The summed E-state index contributed by atoms with van der Waals surface area (Å²) in [5.41, 5.74) is 4.41. The maximum Gasteiger partial charge on any atom is 0.345 e. The van der Waals surface area contributed by atoms with Gasteiger partial charge >= 0.3 is 18.0 Å². The first-order chi connectivity index (χ1) is 25.3. The summed E-state index contributed by atoms with van der Waals surface area (Å²) in [5, 5.41) is 11.3. The predicted octanol–water partition coefficient (Wildman–Crippen LogP) is 3.58. The van der Waals surface area contributed by atoms with E-state index in [1.54, 1.807) is 11.0 Å². The zero-order valence-electron chi connectivity index (χ0n) is 29.8. The van der Waals surface area contributed by atoms with Crippen LogP contribution in [0.2, 0.25) is 0 Å². The lowest BCUT2D eigenvalue weighted by atomic mass is 10.0. The Balaban J connectivity index is 0.000000206. The molecule has 4 aliphatic heterocycles. The minimum Gasteiger partial charge on any atom is -0.449 e. The van der Waals surface area contributed by atoms with Crippen LogP contribution >= 0.6 is 0 Å². The number of esters is 1. The van der Waals surface area contributed by atoms with Crippen LogP contribution in [0.5, 0.6) is 0 Å². The van der Waals surface area contributed by atoms with Gasteiger partial charge in [-0.1, -0.05) is 74.5 Å². The average molecular weight is 724 g/mol. The summed E-state index contributed by atoms with van der Waals surface area (Å²) in [5.74, 6) is 3.85. The van der Waals surface area contributed by atoms with E-state index < -0.39 is 18.1 Å². The van der Waals surface area contributed by atoms with Gasteiger partial charge in [0.05, 0.1) is 25.3 Å². The van der Waals surface area contributed by atoms with Gasteiger partial charge in [-0.15, -0.1) is 0 Å². The lowest BCUT2D eigenvalue weighted by Gasteiger charge is -2.28. The standard InChI is InChI=1S/C17H23N3O4.C16H17N3O4.C3H9NO/c1-2-10-23-18-16(21)15-9-8-14-11-19(15)17(22)20(14)24-12-13-6-4-3-5-7-13;17-8-9-22-15(20)14-7-6-13-10-18(14)16(21)19(13)23-11-12-4-2-1-3-5-12;1-2-3-5-4/h3-7,14-15H,2,8-12H2,1H3,(H,18,21);1-5,13-14H,6-7,9-11H2;2-4H2,1H3/t14-,15+;13-,14+;/m11./s1. The highest BCUT2D eigenvalue weighted by atomic mass is 16.7. The Kier molecular flexibility index (Phi) is 16.1. The van der Waals surface area contributed by atoms with Gasteiger partial charge in [0, 0.05) is 13.1 Å². The Morgan fingerprint density at radius 2 is 1.29 bits per heavy atom. The highest BCUT2D eigenvalue weighted by Gasteiger charge is 2.49. The monoisotopic (exact) mass is 723 g/mol. The second-order valence-corrected chi connectivity index (χ2v) is 12.5. The van der Waals surface area contributed by atoms with E-state index in [9.17, 15) is 19.2 Å². The van der Waals surface area contributed by atoms with Gasteiger partial charge in [0.2, 0.25) is 0 Å². The highest BCUT2D eigenvalue weighted by molar-refractivity contribution is 5.88. The minimum atomic E-state index is -0.627. The van der Waals surface area contributed by atoms with Gasteiger partial charge in [0.1, 0.15) is 31.4 Å². The molecule has 282 valence electrons. The fourth-order valence-electron chi connectivity index (χ4n) is 6.16. The molecule has 4 bridgehead atoms. The lowest BCUT2D eigenvalue weighted by Crippen LogP contribution is -2.49. The molecule has 4 aliphatic rings. The molecule has 4 heterocycles. The fraction of sp³-hybridized carbons (Fsp3) is 0.528. The summed E-state index contributed by atoms with van der Waals surface area (Å²) in [6.07, 6.45) is 4.36. The van der Waals surface area contributed by atoms with Crippen LogP contribution in [-0.4, -0.2) is 101 Å². The van der Waals surface area contributed by atoms with E-state index in [4.69, 9.17) is 24.5 Å². The van der Waals surface area contributed by atoms with Crippen molar-refractivity contribution < 1.29 is 43.3 Å². The van der Waals surface area contributed by atoms with Crippen molar-refractivity contribution in [2.45, 2.75) is 89.8 Å². The largest absolute Gasteiger partial charge is 0.449 e. The van der Waals surface area contributed by atoms with Crippen molar-refractivity contribution >= 4 is 23.9 Å². The van der Waals surface area contributed by atoms with E-state index in [1.807, 2.05) is 74.5 Å². The third-order valence-electron chi connectivity index (χ3n) is 8.73. The molecule has 0 spiro atoms. The smallest absolute Gasteiger partial charge is 0.345 e. The third kappa shape index (κ3) is 10.9. The zero-order chi connectivity index (χ0) is 37.3. The van der Waals surface area contributed by atoms with E-state index in [2.05, 4.69) is 16.2 Å². The van der Waals surface area contributed by atoms with Gasteiger partial charge in [-0.2, -0.15) is 15.4 Å². The number of nitriles is 1. The van der Waals surface area contributed by atoms with Crippen LogP contribution < -0.4 is 11.4 Å². The number of hydrogen-bond acceptors (Lipinski definition) is 11. The zero-order valence-corrected chi connectivity index (χ0v) is 29.8. The van der Waals surface area contributed by atoms with E-state index >= 15 is 0 Å². The van der Waals surface area contributed by atoms with Gasteiger partial charge in [-0.25, -0.2) is 25.8 Å². The molecular weight excluding hydrogens is 674 g/mol. The maximum absolute atomic E-state index is 12.6. The number of urea groups is 2. The van der Waals surface area contributed by atoms with Gasteiger partial charge in [0.25, 0.3) is 5.91 Å². The molecular formula is C36H49N7O9. The summed E-state index contributed by atoms with van der Waals surface area (Å²) in [7, 11) is 0. The number of nitrogens with zero attached hydrogens (tertiary/aromatic N) is 5. The van der Waals surface area contributed by atoms with Crippen LogP contribution in [0.25, 0.3) is 0 Å². The quantitative estimate of drug-likeness (QED) is 0.165. The first-order valence-corrected chi connectivity index (χ1v) is 17.6. The van der Waals surface area contributed by atoms with Crippen LogP contribution in [0.1, 0.15) is 63.5 Å². The molecule has 5 amide bonds. The van der Waals surface area contributed by atoms with Gasteiger partial charge in [0.15, 0.2) is 6.61 Å². The Hall–Kier alpha value is -4.79. The third-order valence-corrected chi connectivity index (χ3v) is 8.73. The number of nitrogens with one attached hydrogen (secondary N) is 1. The number of benzene rings is 2. The minimum absolute atomic E-state index is 0.00169. The van der Waals surface area contributed by atoms with Crippen molar-refractivity contribution in [2.75, 3.05) is 32.9 Å². The van der Waals surface area contributed by atoms with E-state index in [0.29, 0.717) is 58.8 Å². The molecule has 4 atom stereocenters. The number of piperidine rings is 2. The normalized spacial score (nSPS) is 21.4. The Bertz CT molecular complexity index is 1480. The topological polar surface area (TPSA) is 189 Å². The molecule has 0 aromatic heterocycles.